The van der Waals surface area contributed by atoms with E-state index in [9.17, 15) is 13.6 Å². The highest BCUT2D eigenvalue weighted by molar-refractivity contribution is 5.90. The molecule has 1 aliphatic rings. The van der Waals surface area contributed by atoms with E-state index >= 15 is 0 Å². The summed E-state index contributed by atoms with van der Waals surface area (Å²) in [6.45, 7) is 1.76. The lowest BCUT2D eigenvalue weighted by atomic mass is 9.96. The van der Waals surface area contributed by atoms with E-state index in [2.05, 4.69) is 10.3 Å². The highest BCUT2D eigenvalue weighted by Crippen LogP contribution is 2.27. The molecule has 2 N–H and O–H groups in total. The first kappa shape index (κ1) is 13.2. The topological polar surface area (TPSA) is 62.2 Å². The Morgan fingerprint density at radius 3 is 2.84 bits per heavy atom. The van der Waals surface area contributed by atoms with E-state index in [0.717, 1.165) is 17.7 Å². The summed E-state index contributed by atoms with van der Waals surface area (Å²) in [5.41, 5.74) is 1.01. The number of hydrogen-bond donors (Lipinski definition) is 2. The summed E-state index contributed by atoms with van der Waals surface area (Å²) >= 11 is 0. The van der Waals surface area contributed by atoms with E-state index in [0.29, 0.717) is 5.69 Å². The van der Waals surface area contributed by atoms with Crippen molar-refractivity contribution in [1.29, 1.82) is 0 Å². The molecular weight excluding hydrogens is 254 g/mol. The number of carboxylic acid groups (broad SMARTS) is 1. The number of aryl methyl sites for hydroxylation is 1. The molecule has 0 aromatic carbocycles. The largest absolute Gasteiger partial charge is 0.478 e. The summed E-state index contributed by atoms with van der Waals surface area (Å²) in [5.74, 6) is -2.28. The number of carboxylic acids is 1. The maximum Gasteiger partial charge on any atom is 0.333 e. The second-order valence-corrected chi connectivity index (χ2v) is 4.19. The molecule has 1 aromatic rings. The minimum Gasteiger partial charge on any atom is -0.478 e. The third kappa shape index (κ3) is 2.62. The van der Waals surface area contributed by atoms with Crippen molar-refractivity contribution in [3.05, 3.63) is 47.6 Å². The minimum absolute atomic E-state index is 0.225. The van der Waals surface area contributed by atoms with E-state index in [1.54, 1.807) is 19.2 Å². The number of hydrogen-bond acceptors (Lipinski definition) is 3. The van der Waals surface area contributed by atoms with E-state index in [1.165, 1.54) is 6.20 Å². The molecule has 2 atom stereocenters. The van der Waals surface area contributed by atoms with Crippen molar-refractivity contribution in [2.75, 3.05) is 5.32 Å². The second-order valence-electron chi connectivity index (χ2n) is 4.19. The van der Waals surface area contributed by atoms with Crippen molar-refractivity contribution in [1.82, 2.24) is 4.98 Å². The lowest BCUT2D eigenvalue weighted by Gasteiger charge is -2.26. The SMILES string of the molecule is Cc1ccncc1NC1C(C(=O)O)=CC=C(F)C1F. The molecule has 1 aliphatic carbocycles. The molecule has 0 radical (unpaired) electrons. The van der Waals surface area contributed by atoms with Crippen LogP contribution in [0.5, 0.6) is 0 Å². The average Bonchev–Trinajstić information content (AvgIpc) is 2.37. The van der Waals surface area contributed by atoms with Gasteiger partial charge in [0.15, 0.2) is 6.17 Å². The van der Waals surface area contributed by atoms with Gasteiger partial charge in [-0.2, -0.15) is 0 Å². The first-order valence-corrected chi connectivity index (χ1v) is 5.62. The summed E-state index contributed by atoms with van der Waals surface area (Å²) in [4.78, 5) is 14.9. The Morgan fingerprint density at radius 2 is 2.21 bits per heavy atom. The van der Waals surface area contributed by atoms with Crippen LogP contribution in [0.4, 0.5) is 14.5 Å². The first-order chi connectivity index (χ1) is 9.00. The van der Waals surface area contributed by atoms with Crippen LogP contribution in [-0.2, 0) is 4.79 Å². The maximum atomic E-state index is 13.8. The Kier molecular flexibility index (Phi) is 3.59. The number of allylic oxidation sites excluding steroid dienone is 2. The number of alkyl halides is 1. The van der Waals surface area contributed by atoms with Crippen LogP contribution in [0, 0.1) is 6.92 Å². The van der Waals surface area contributed by atoms with E-state index < -0.39 is 24.0 Å². The molecule has 0 saturated heterocycles. The lowest BCUT2D eigenvalue weighted by Crippen LogP contribution is -2.38. The van der Waals surface area contributed by atoms with Gasteiger partial charge in [0.05, 0.1) is 23.5 Å². The molecule has 4 nitrogen and oxygen atoms in total. The fraction of sp³-hybridized carbons (Fsp3) is 0.231. The third-order valence-electron chi connectivity index (χ3n) is 2.91. The highest BCUT2D eigenvalue weighted by atomic mass is 19.2. The Balaban J connectivity index is 2.32. The smallest absolute Gasteiger partial charge is 0.333 e. The highest BCUT2D eigenvalue weighted by Gasteiger charge is 2.34. The Bertz CT molecular complexity index is 570. The van der Waals surface area contributed by atoms with Crippen LogP contribution in [0.1, 0.15) is 5.56 Å². The number of nitrogens with one attached hydrogen (secondary N) is 1. The molecule has 0 fully saturated rings. The van der Waals surface area contributed by atoms with Crippen LogP contribution in [-0.4, -0.2) is 28.3 Å². The molecule has 0 bridgehead atoms. The molecule has 1 aromatic heterocycles. The van der Waals surface area contributed by atoms with E-state index in [1.807, 2.05) is 0 Å². The Morgan fingerprint density at radius 1 is 1.47 bits per heavy atom. The van der Waals surface area contributed by atoms with Gasteiger partial charge in [-0.3, -0.25) is 4.98 Å². The number of anilines is 1. The van der Waals surface area contributed by atoms with Crippen molar-refractivity contribution in [3.63, 3.8) is 0 Å². The number of aliphatic carboxylic acids is 1. The zero-order chi connectivity index (χ0) is 14.0. The summed E-state index contributed by atoms with van der Waals surface area (Å²) in [5, 5.41) is 11.7. The maximum absolute atomic E-state index is 13.8. The number of pyridine rings is 1. The average molecular weight is 266 g/mol. The molecule has 0 spiro atoms. The van der Waals surface area contributed by atoms with Crippen LogP contribution in [0.3, 0.4) is 0 Å². The van der Waals surface area contributed by atoms with Crippen LogP contribution < -0.4 is 5.32 Å². The molecule has 0 aliphatic heterocycles. The van der Waals surface area contributed by atoms with Gasteiger partial charge in [-0.1, -0.05) is 0 Å². The van der Waals surface area contributed by atoms with Gasteiger partial charge < -0.3 is 10.4 Å². The van der Waals surface area contributed by atoms with Crippen LogP contribution in [0.15, 0.2) is 42.0 Å². The van der Waals surface area contributed by atoms with Crippen molar-refractivity contribution in [3.8, 4) is 0 Å². The van der Waals surface area contributed by atoms with Gasteiger partial charge in [0.2, 0.25) is 0 Å². The van der Waals surface area contributed by atoms with Gasteiger partial charge in [-0.05, 0) is 30.7 Å². The molecule has 1 heterocycles. The van der Waals surface area contributed by atoms with Gasteiger partial charge in [-0.15, -0.1) is 0 Å². The van der Waals surface area contributed by atoms with Gasteiger partial charge in [0, 0.05) is 6.20 Å². The second kappa shape index (κ2) is 5.17. The number of halogens is 2. The number of rotatable bonds is 3. The lowest BCUT2D eigenvalue weighted by molar-refractivity contribution is -0.133. The van der Waals surface area contributed by atoms with Gasteiger partial charge in [-0.25, -0.2) is 13.6 Å². The zero-order valence-electron chi connectivity index (χ0n) is 10.1. The van der Waals surface area contributed by atoms with E-state index in [-0.39, 0.29) is 5.57 Å². The molecule has 19 heavy (non-hydrogen) atoms. The monoisotopic (exact) mass is 266 g/mol. The van der Waals surface area contributed by atoms with Gasteiger partial charge >= 0.3 is 5.97 Å². The quantitative estimate of drug-likeness (QED) is 0.881. The van der Waals surface area contributed by atoms with Crippen LogP contribution >= 0.6 is 0 Å². The molecule has 2 unspecified atom stereocenters. The summed E-state index contributed by atoms with van der Waals surface area (Å²) in [6, 6.07) is 0.416. The normalized spacial score (nSPS) is 22.5. The molecule has 2 rings (SSSR count). The van der Waals surface area contributed by atoms with Gasteiger partial charge in [0.25, 0.3) is 0 Å². The fourth-order valence-corrected chi connectivity index (χ4v) is 1.82. The predicted molar refractivity (Wildman–Crippen MR) is 66.2 cm³/mol. The van der Waals surface area contributed by atoms with Crippen molar-refractivity contribution >= 4 is 11.7 Å². The summed E-state index contributed by atoms with van der Waals surface area (Å²) in [6.07, 6.45) is 2.87. The van der Waals surface area contributed by atoms with Crippen LogP contribution in [0.2, 0.25) is 0 Å². The van der Waals surface area contributed by atoms with Crippen molar-refractivity contribution in [2.24, 2.45) is 0 Å². The third-order valence-corrected chi connectivity index (χ3v) is 2.91. The first-order valence-electron chi connectivity index (χ1n) is 5.62. The molecule has 6 heteroatoms. The summed E-state index contributed by atoms with van der Waals surface area (Å²) in [7, 11) is 0. The molecule has 100 valence electrons. The van der Waals surface area contributed by atoms with Gasteiger partial charge in [0.1, 0.15) is 5.83 Å². The predicted octanol–water partition coefficient (Wildman–Crippen LogP) is 2.39. The van der Waals surface area contributed by atoms with E-state index in [4.69, 9.17) is 5.11 Å². The number of carbonyl (C=O) groups is 1. The molecule has 0 saturated carbocycles. The number of aromatic nitrogens is 1. The standard InChI is InChI=1S/C13H12F2N2O2/c1-7-4-5-16-6-10(7)17-12-8(13(18)19)2-3-9(14)11(12)15/h2-6,11-12,17H,1H3,(H,18,19). The van der Waals surface area contributed by atoms with Crippen molar-refractivity contribution in [2.45, 2.75) is 19.1 Å². The Hall–Kier alpha value is -2.24. The minimum atomic E-state index is -2.03. The number of nitrogens with zero attached hydrogens (tertiary/aromatic N) is 1. The Labute approximate surface area is 108 Å². The zero-order valence-corrected chi connectivity index (χ0v) is 10.1. The molecular formula is C13H12F2N2O2. The summed E-state index contributed by atoms with van der Waals surface area (Å²) < 4.78 is 27.1. The fourth-order valence-electron chi connectivity index (χ4n) is 1.82. The van der Waals surface area contributed by atoms with Crippen molar-refractivity contribution < 1.29 is 18.7 Å². The van der Waals surface area contributed by atoms with Crippen LogP contribution in [0.25, 0.3) is 0 Å². The molecule has 0 amide bonds.